The lowest BCUT2D eigenvalue weighted by atomic mass is 9.98. The predicted molar refractivity (Wildman–Crippen MR) is 116 cm³/mol. The van der Waals surface area contributed by atoms with Crippen LogP contribution in [0.3, 0.4) is 0 Å². The van der Waals surface area contributed by atoms with E-state index in [1.54, 1.807) is 36.3 Å². The van der Waals surface area contributed by atoms with Crippen molar-refractivity contribution in [1.29, 1.82) is 0 Å². The van der Waals surface area contributed by atoms with Gasteiger partial charge in [0.15, 0.2) is 5.65 Å². The average Bonchev–Trinajstić information content (AvgIpc) is 3.23. The zero-order valence-corrected chi connectivity index (χ0v) is 16.2. The van der Waals surface area contributed by atoms with Crippen LogP contribution in [0.2, 0.25) is 0 Å². The average molecular weight is 394 g/mol. The summed E-state index contributed by atoms with van der Waals surface area (Å²) in [6.45, 7) is 0. The topological polar surface area (TPSA) is 77.2 Å². The summed E-state index contributed by atoms with van der Waals surface area (Å²) in [7, 11) is 1.58. The highest BCUT2D eigenvalue weighted by atomic mass is 16.5. The number of nitrogens with zero attached hydrogens (tertiary/aromatic N) is 5. The van der Waals surface area contributed by atoms with Gasteiger partial charge >= 0.3 is 0 Å². The monoisotopic (exact) mass is 394 g/mol. The van der Waals surface area contributed by atoms with Crippen molar-refractivity contribution in [3.05, 3.63) is 85.3 Å². The third-order valence-corrected chi connectivity index (χ3v) is 4.72. The van der Waals surface area contributed by atoms with Gasteiger partial charge in [0.25, 0.3) is 0 Å². The number of pyridine rings is 1. The molecule has 0 bridgehead atoms. The second-order valence-electron chi connectivity index (χ2n) is 6.61. The fourth-order valence-corrected chi connectivity index (χ4v) is 3.32. The number of nitrogens with one attached hydrogen (secondary N) is 1. The van der Waals surface area contributed by atoms with Crippen molar-refractivity contribution in [2.75, 3.05) is 12.4 Å². The van der Waals surface area contributed by atoms with Crippen molar-refractivity contribution in [2.45, 2.75) is 0 Å². The number of anilines is 2. The number of aromatic nitrogens is 5. The fourth-order valence-electron chi connectivity index (χ4n) is 3.32. The Balaban J connectivity index is 1.57. The summed E-state index contributed by atoms with van der Waals surface area (Å²) in [4.78, 5) is 13.5. The standard InChI is InChI=1S/C23H18N6O/c1-30-20-12-11-17(15-25-20)26-23-27-22-21(24-13-14-29(22)28-23)19-10-6-5-9-18(19)16-7-3-2-4-8-16/h2-15H,1H3,(H,26,28). The summed E-state index contributed by atoms with van der Waals surface area (Å²) in [5, 5.41) is 7.72. The first-order valence-electron chi connectivity index (χ1n) is 9.45. The lowest BCUT2D eigenvalue weighted by Crippen LogP contribution is -1.95. The highest BCUT2D eigenvalue weighted by Gasteiger charge is 2.15. The second kappa shape index (κ2) is 7.63. The summed E-state index contributed by atoms with van der Waals surface area (Å²) in [6, 6.07) is 22.1. The summed E-state index contributed by atoms with van der Waals surface area (Å²) in [6.07, 6.45) is 5.19. The van der Waals surface area contributed by atoms with Gasteiger partial charge in [-0.05, 0) is 17.2 Å². The van der Waals surface area contributed by atoms with Crippen molar-refractivity contribution in [3.8, 4) is 28.3 Å². The molecule has 30 heavy (non-hydrogen) atoms. The molecule has 3 heterocycles. The molecule has 5 aromatic rings. The zero-order chi connectivity index (χ0) is 20.3. The van der Waals surface area contributed by atoms with Gasteiger partial charge in [-0.1, -0.05) is 54.6 Å². The van der Waals surface area contributed by atoms with E-state index in [-0.39, 0.29) is 0 Å². The predicted octanol–water partition coefficient (Wildman–Crippen LogP) is 4.61. The molecule has 2 aromatic carbocycles. The van der Waals surface area contributed by atoms with E-state index in [2.05, 4.69) is 49.6 Å². The lowest BCUT2D eigenvalue weighted by molar-refractivity contribution is 0.398. The number of fused-ring (bicyclic) bond motifs is 1. The quantitative estimate of drug-likeness (QED) is 0.469. The number of ether oxygens (including phenoxy) is 1. The molecule has 7 nitrogen and oxygen atoms in total. The molecule has 0 fully saturated rings. The Morgan fingerprint density at radius 2 is 1.67 bits per heavy atom. The molecule has 0 spiro atoms. The highest BCUT2D eigenvalue weighted by Crippen LogP contribution is 2.32. The number of rotatable bonds is 5. The minimum Gasteiger partial charge on any atom is -0.481 e. The summed E-state index contributed by atoms with van der Waals surface area (Å²) in [5.74, 6) is 1.01. The smallest absolute Gasteiger partial charge is 0.247 e. The van der Waals surface area contributed by atoms with Crippen molar-refractivity contribution in [1.82, 2.24) is 24.6 Å². The van der Waals surface area contributed by atoms with Crippen LogP contribution in [0.25, 0.3) is 28.0 Å². The Labute approximate surface area is 173 Å². The van der Waals surface area contributed by atoms with Gasteiger partial charge in [-0.15, -0.1) is 5.10 Å². The van der Waals surface area contributed by atoms with Gasteiger partial charge in [0.1, 0.15) is 5.69 Å². The Hall–Kier alpha value is -4.26. The Morgan fingerprint density at radius 3 is 2.43 bits per heavy atom. The molecule has 7 heteroatoms. The molecule has 0 saturated heterocycles. The van der Waals surface area contributed by atoms with Crippen LogP contribution >= 0.6 is 0 Å². The zero-order valence-electron chi connectivity index (χ0n) is 16.2. The third kappa shape index (κ3) is 3.33. The minimum absolute atomic E-state index is 0.466. The van der Waals surface area contributed by atoms with Gasteiger partial charge in [0.2, 0.25) is 11.8 Å². The van der Waals surface area contributed by atoms with Crippen molar-refractivity contribution in [3.63, 3.8) is 0 Å². The van der Waals surface area contributed by atoms with Crippen LogP contribution in [0, 0.1) is 0 Å². The molecule has 0 amide bonds. The largest absolute Gasteiger partial charge is 0.481 e. The van der Waals surface area contributed by atoms with E-state index in [0.29, 0.717) is 17.5 Å². The number of benzene rings is 2. The van der Waals surface area contributed by atoms with Gasteiger partial charge in [-0.2, -0.15) is 4.98 Å². The molecule has 0 aliphatic rings. The third-order valence-electron chi connectivity index (χ3n) is 4.72. The molecule has 0 unspecified atom stereocenters. The Kier molecular flexibility index (Phi) is 4.53. The van der Waals surface area contributed by atoms with E-state index in [0.717, 1.165) is 28.1 Å². The van der Waals surface area contributed by atoms with Crippen molar-refractivity contribution < 1.29 is 4.74 Å². The number of hydrogen-bond donors (Lipinski definition) is 1. The summed E-state index contributed by atoms with van der Waals surface area (Å²) < 4.78 is 6.82. The fraction of sp³-hybridized carbons (Fsp3) is 0.0435. The van der Waals surface area contributed by atoms with E-state index >= 15 is 0 Å². The molecule has 1 N–H and O–H groups in total. The van der Waals surface area contributed by atoms with E-state index < -0.39 is 0 Å². The first-order chi connectivity index (χ1) is 14.8. The number of methoxy groups -OCH3 is 1. The summed E-state index contributed by atoms with van der Waals surface area (Å²) >= 11 is 0. The van der Waals surface area contributed by atoms with Crippen LogP contribution < -0.4 is 10.1 Å². The Bertz CT molecular complexity index is 1300. The van der Waals surface area contributed by atoms with Gasteiger partial charge in [-0.25, -0.2) is 9.50 Å². The van der Waals surface area contributed by atoms with E-state index in [9.17, 15) is 0 Å². The van der Waals surface area contributed by atoms with Gasteiger partial charge in [0, 0.05) is 24.0 Å². The van der Waals surface area contributed by atoms with Gasteiger partial charge < -0.3 is 10.1 Å². The first kappa shape index (κ1) is 17.8. The van der Waals surface area contributed by atoms with E-state index in [1.807, 2.05) is 36.4 Å². The molecular formula is C23H18N6O. The molecule has 0 atom stereocenters. The van der Waals surface area contributed by atoms with Crippen molar-refractivity contribution >= 4 is 17.3 Å². The van der Waals surface area contributed by atoms with Gasteiger partial charge in [0.05, 0.1) is 19.0 Å². The van der Waals surface area contributed by atoms with E-state index in [1.165, 1.54) is 0 Å². The lowest BCUT2D eigenvalue weighted by Gasteiger charge is -2.09. The second-order valence-corrected chi connectivity index (χ2v) is 6.61. The molecule has 0 aliphatic carbocycles. The molecule has 3 aromatic heterocycles. The normalized spacial score (nSPS) is 10.8. The van der Waals surface area contributed by atoms with Crippen molar-refractivity contribution in [2.24, 2.45) is 0 Å². The van der Waals surface area contributed by atoms with Crippen LogP contribution in [-0.4, -0.2) is 31.7 Å². The molecular weight excluding hydrogens is 376 g/mol. The highest BCUT2D eigenvalue weighted by molar-refractivity contribution is 5.87. The van der Waals surface area contributed by atoms with Crippen LogP contribution in [0.15, 0.2) is 85.3 Å². The van der Waals surface area contributed by atoms with Crippen LogP contribution in [0.4, 0.5) is 11.6 Å². The number of hydrogen-bond acceptors (Lipinski definition) is 6. The first-order valence-corrected chi connectivity index (χ1v) is 9.45. The van der Waals surface area contributed by atoms with Crippen LogP contribution in [0.5, 0.6) is 5.88 Å². The maximum absolute atomic E-state index is 5.10. The van der Waals surface area contributed by atoms with Gasteiger partial charge in [-0.3, -0.25) is 4.98 Å². The maximum atomic E-state index is 5.10. The van der Waals surface area contributed by atoms with E-state index in [4.69, 9.17) is 4.74 Å². The van der Waals surface area contributed by atoms with Crippen LogP contribution in [0.1, 0.15) is 0 Å². The molecule has 5 rings (SSSR count). The molecule has 0 radical (unpaired) electrons. The SMILES string of the molecule is COc1ccc(Nc2nc3c(-c4ccccc4-c4ccccc4)nccn3n2)cn1. The minimum atomic E-state index is 0.466. The Morgan fingerprint density at radius 1 is 0.867 bits per heavy atom. The molecule has 0 saturated carbocycles. The summed E-state index contributed by atoms with van der Waals surface area (Å²) in [5.41, 5.74) is 5.43. The van der Waals surface area contributed by atoms with Crippen LogP contribution in [-0.2, 0) is 0 Å². The maximum Gasteiger partial charge on any atom is 0.247 e. The molecule has 146 valence electrons. The molecule has 0 aliphatic heterocycles.